The second-order valence-electron chi connectivity index (χ2n) is 4.42. The number of rotatable bonds is 3. The van der Waals surface area contributed by atoms with Crippen LogP contribution in [0.4, 0.5) is 0 Å². The third kappa shape index (κ3) is 2.45. The molecule has 0 saturated carbocycles. The summed E-state index contributed by atoms with van der Waals surface area (Å²) in [5.74, 6) is 0. The molecule has 110 valence electrons. The van der Waals surface area contributed by atoms with E-state index in [1.165, 1.54) is 15.7 Å². The molecule has 0 amide bonds. The van der Waals surface area contributed by atoms with E-state index in [1.807, 2.05) is 0 Å². The van der Waals surface area contributed by atoms with Crippen molar-refractivity contribution in [2.45, 2.75) is 23.6 Å². The van der Waals surface area contributed by atoms with Crippen LogP contribution in [0.5, 0.6) is 0 Å². The molecule has 1 saturated heterocycles. The highest BCUT2D eigenvalue weighted by Crippen LogP contribution is 2.26. The largest absolute Gasteiger partial charge is 0.389 e. The summed E-state index contributed by atoms with van der Waals surface area (Å²) in [5, 5.41) is 11.3. The predicted octanol–water partition coefficient (Wildman–Crippen LogP) is 0.477. The molecular weight excluding hydrogens is 326 g/mol. The molecule has 2 N–H and O–H groups in total. The zero-order chi connectivity index (χ0) is 14.3. The number of nitrogens with one attached hydrogen (secondary N) is 1. The van der Waals surface area contributed by atoms with Crippen molar-refractivity contribution in [1.82, 2.24) is 14.1 Å². The van der Waals surface area contributed by atoms with Crippen LogP contribution < -0.4 is 4.72 Å². The molecule has 2 aromatic rings. The fourth-order valence-electron chi connectivity index (χ4n) is 2.09. The van der Waals surface area contributed by atoms with Crippen LogP contribution in [-0.4, -0.2) is 48.3 Å². The Kier molecular flexibility index (Phi) is 3.73. The van der Waals surface area contributed by atoms with Gasteiger partial charge >= 0.3 is 0 Å². The summed E-state index contributed by atoms with van der Waals surface area (Å²) in [7, 11) is -3.87. The lowest BCUT2D eigenvalue weighted by atomic mass is 10.1. The molecule has 1 aliphatic heterocycles. The molecule has 0 spiro atoms. The molecule has 7 nitrogen and oxygen atoms in total. The van der Waals surface area contributed by atoms with Crippen LogP contribution in [0.2, 0.25) is 5.15 Å². The van der Waals surface area contributed by atoms with E-state index in [4.69, 9.17) is 16.3 Å². The Hall–Kier alpha value is -0.710. The second kappa shape index (κ2) is 5.24. The number of sulfonamides is 1. The zero-order valence-electron chi connectivity index (χ0n) is 10.2. The molecule has 1 aliphatic rings. The average Bonchev–Trinajstić information content (AvgIpc) is 2.91. The van der Waals surface area contributed by atoms with Gasteiger partial charge in [0.2, 0.25) is 0 Å². The lowest BCUT2D eigenvalue weighted by Crippen LogP contribution is -2.48. The number of nitrogens with zero attached hydrogens (tertiary/aromatic N) is 2. The molecule has 10 heteroatoms. The van der Waals surface area contributed by atoms with Gasteiger partial charge in [-0.05, 0) is 6.42 Å². The maximum Gasteiger partial charge on any atom is 0.260 e. The van der Waals surface area contributed by atoms with Gasteiger partial charge in [0.15, 0.2) is 15.1 Å². The SMILES string of the molecule is O=S(=O)(N[C@@H]1CCOC[C@H]1O)c1c(Cl)nc2sccn12. The number of thiazole rings is 1. The molecule has 0 aromatic carbocycles. The number of aromatic nitrogens is 2. The first-order chi connectivity index (χ1) is 9.49. The predicted molar refractivity (Wildman–Crippen MR) is 73.6 cm³/mol. The van der Waals surface area contributed by atoms with Gasteiger partial charge in [-0.25, -0.2) is 18.1 Å². The van der Waals surface area contributed by atoms with Gasteiger partial charge in [0.1, 0.15) is 0 Å². The summed E-state index contributed by atoms with van der Waals surface area (Å²) in [4.78, 5) is 4.49. The van der Waals surface area contributed by atoms with Crippen LogP contribution in [0.15, 0.2) is 16.6 Å². The molecule has 3 heterocycles. The van der Waals surface area contributed by atoms with E-state index < -0.39 is 22.2 Å². The number of halogens is 1. The molecule has 0 radical (unpaired) electrons. The summed E-state index contributed by atoms with van der Waals surface area (Å²) in [5.41, 5.74) is 0. The van der Waals surface area contributed by atoms with E-state index in [2.05, 4.69) is 9.71 Å². The number of imidazole rings is 1. The first kappa shape index (κ1) is 14.2. The third-order valence-electron chi connectivity index (χ3n) is 3.07. The first-order valence-electron chi connectivity index (χ1n) is 5.88. The van der Waals surface area contributed by atoms with Crippen molar-refractivity contribution < 1.29 is 18.3 Å². The zero-order valence-corrected chi connectivity index (χ0v) is 12.6. The molecule has 20 heavy (non-hydrogen) atoms. The van der Waals surface area contributed by atoms with E-state index in [0.29, 0.717) is 18.0 Å². The van der Waals surface area contributed by atoms with Crippen molar-refractivity contribution in [1.29, 1.82) is 0 Å². The number of aliphatic hydroxyl groups excluding tert-OH is 1. The van der Waals surface area contributed by atoms with Gasteiger partial charge in [-0.1, -0.05) is 11.6 Å². The normalized spacial score (nSPS) is 24.3. The molecule has 0 unspecified atom stereocenters. The summed E-state index contributed by atoms with van der Waals surface area (Å²) in [6, 6.07) is -0.589. The highest BCUT2D eigenvalue weighted by molar-refractivity contribution is 7.89. The monoisotopic (exact) mass is 337 g/mol. The van der Waals surface area contributed by atoms with Crippen molar-refractivity contribution in [2.24, 2.45) is 0 Å². The Balaban J connectivity index is 1.95. The lowest BCUT2D eigenvalue weighted by Gasteiger charge is -2.28. The van der Waals surface area contributed by atoms with Crippen molar-refractivity contribution >= 4 is 37.9 Å². The second-order valence-corrected chi connectivity index (χ2v) is 7.28. The van der Waals surface area contributed by atoms with Crippen LogP contribution in [0.1, 0.15) is 6.42 Å². The summed E-state index contributed by atoms with van der Waals surface area (Å²) < 4.78 is 33.8. The highest BCUT2D eigenvalue weighted by Gasteiger charge is 2.32. The number of hydrogen-bond donors (Lipinski definition) is 2. The van der Waals surface area contributed by atoms with Gasteiger partial charge in [0, 0.05) is 18.2 Å². The Bertz CT molecular complexity index is 726. The lowest BCUT2D eigenvalue weighted by molar-refractivity contribution is -0.0222. The molecule has 2 atom stereocenters. The van der Waals surface area contributed by atoms with E-state index in [9.17, 15) is 13.5 Å². The summed E-state index contributed by atoms with van der Waals surface area (Å²) in [6.07, 6.45) is 1.13. The number of hydrogen-bond acceptors (Lipinski definition) is 6. The van der Waals surface area contributed by atoms with E-state index in [-0.39, 0.29) is 16.8 Å². The van der Waals surface area contributed by atoms with Gasteiger partial charge in [0.25, 0.3) is 10.0 Å². The van der Waals surface area contributed by atoms with Crippen LogP contribution in [0.25, 0.3) is 4.96 Å². The molecule has 3 rings (SSSR count). The standard InChI is InChI=1S/C10H12ClN3O4S2/c11-8-9(14-2-4-19-10(14)12-8)20(16,17)13-6-1-3-18-5-7(6)15/h2,4,6-7,13,15H,1,3,5H2/t6-,7-/m1/s1. The van der Waals surface area contributed by atoms with Gasteiger partial charge in [0.05, 0.1) is 18.8 Å². The van der Waals surface area contributed by atoms with E-state index in [1.54, 1.807) is 11.6 Å². The number of fused-ring (bicyclic) bond motifs is 1. The summed E-state index contributed by atoms with van der Waals surface area (Å²) in [6.45, 7) is 0.513. The molecule has 0 aliphatic carbocycles. The minimum Gasteiger partial charge on any atom is -0.389 e. The highest BCUT2D eigenvalue weighted by atomic mass is 35.5. The Morgan fingerprint density at radius 1 is 1.60 bits per heavy atom. The maximum atomic E-state index is 12.4. The van der Waals surface area contributed by atoms with Crippen molar-refractivity contribution in [3.05, 3.63) is 16.7 Å². The van der Waals surface area contributed by atoms with Crippen molar-refractivity contribution in [3.63, 3.8) is 0 Å². The Labute approximate surface area is 124 Å². The smallest absolute Gasteiger partial charge is 0.260 e. The van der Waals surface area contributed by atoms with Crippen LogP contribution in [-0.2, 0) is 14.8 Å². The molecular formula is C10H12ClN3O4S2. The topological polar surface area (TPSA) is 92.9 Å². The van der Waals surface area contributed by atoms with Gasteiger partial charge < -0.3 is 9.84 Å². The van der Waals surface area contributed by atoms with Crippen molar-refractivity contribution in [2.75, 3.05) is 13.2 Å². The molecule has 1 fully saturated rings. The van der Waals surface area contributed by atoms with E-state index >= 15 is 0 Å². The van der Waals surface area contributed by atoms with Crippen molar-refractivity contribution in [3.8, 4) is 0 Å². The Morgan fingerprint density at radius 3 is 3.15 bits per heavy atom. The molecule has 0 bridgehead atoms. The van der Waals surface area contributed by atoms with Crippen LogP contribution >= 0.6 is 22.9 Å². The van der Waals surface area contributed by atoms with Gasteiger partial charge in [-0.3, -0.25) is 4.40 Å². The average molecular weight is 338 g/mol. The molecule has 2 aromatic heterocycles. The van der Waals surface area contributed by atoms with Crippen LogP contribution in [0, 0.1) is 0 Å². The van der Waals surface area contributed by atoms with Gasteiger partial charge in [-0.15, -0.1) is 11.3 Å². The number of aliphatic hydroxyl groups is 1. The minimum absolute atomic E-state index is 0.0779. The maximum absolute atomic E-state index is 12.4. The third-order valence-corrected chi connectivity index (χ3v) is 5.71. The Morgan fingerprint density at radius 2 is 2.40 bits per heavy atom. The fourth-order valence-corrected chi connectivity index (χ4v) is 4.85. The number of ether oxygens (including phenoxy) is 1. The minimum atomic E-state index is -3.87. The quantitative estimate of drug-likeness (QED) is 0.849. The first-order valence-corrected chi connectivity index (χ1v) is 8.62. The van der Waals surface area contributed by atoms with Gasteiger partial charge in [-0.2, -0.15) is 0 Å². The summed E-state index contributed by atoms with van der Waals surface area (Å²) >= 11 is 7.21. The van der Waals surface area contributed by atoms with Crippen LogP contribution in [0.3, 0.4) is 0 Å². The fraction of sp³-hybridized carbons (Fsp3) is 0.500. The van der Waals surface area contributed by atoms with E-state index in [0.717, 1.165) is 0 Å².